The number of nitrogens with zero attached hydrogens (tertiary/aromatic N) is 1. The first kappa shape index (κ1) is 11.8. The molecule has 0 spiro atoms. The van der Waals surface area contributed by atoms with Gasteiger partial charge in [0.05, 0.1) is 11.6 Å². The quantitative estimate of drug-likeness (QED) is 0.807. The summed E-state index contributed by atoms with van der Waals surface area (Å²) in [7, 11) is 0. The fraction of sp³-hybridized carbons (Fsp3) is 0.267. The van der Waals surface area contributed by atoms with Crippen molar-refractivity contribution in [3.05, 3.63) is 54.2 Å². The highest BCUT2D eigenvalue weighted by Crippen LogP contribution is 2.23. The van der Waals surface area contributed by atoms with Crippen LogP contribution in [0.5, 0.6) is 0 Å². The van der Waals surface area contributed by atoms with Gasteiger partial charge >= 0.3 is 0 Å². The highest BCUT2D eigenvalue weighted by Gasteiger charge is 2.10. The number of pyridine rings is 1. The summed E-state index contributed by atoms with van der Waals surface area (Å²) in [6.07, 6.45) is 1.82. The number of fused-ring (bicyclic) bond motifs is 1. The number of nitrogens with one attached hydrogen (secondary N) is 1. The van der Waals surface area contributed by atoms with Crippen molar-refractivity contribution in [2.75, 3.05) is 6.54 Å². The highest BCUT2D eigenvalue weighted by molar-refractivity contribution is 5.79. The van der Waals surface area contributed by atoms with Crippen LogP contribution in [0, 0.1) is 0 Å². The molecule has 0 amide bonds. The molecule has 1 N–H and O–H groups in total. The average Bonchev–Trinajstić information content (AvgIpc) is 2.35. The molecule has 2 heteroatoms. The molecule has 0 saturated heterocycles. The van der Waals surface area contributed by atoms with E-state index in [1.54, 1.807) is 0 Å². The predicted octanol–water partition coefficient (Wildman–Crippen LogP) is 3.46. The minimum absolute atomic E-state index is 0.226. The van der Waals surface area contributed by atoms with E-state index in [9.17, 15) is 0 Å². The van der Waals surface area contributed by atoms with Crippen LogP contribution in [0.15, 0.2) is 48.7 Å². The molecule has 0 aliphatic carbocycles. The third kappa shape index (κ3) is 2.53. The van der Waals surface area contributed by atoms with Crippen LogP contribution in [0.3, 0.4) is 0 Å². The van der Waals surface area contributed by atoms with Gasteiger partial charge in [0.15, 0.2) is 0 Å². The predicted molar refractivity (Wildman–Crippen MR) is 73.0 cm³/mol. The summed E-state index contributed by atoms with van der Waals surface area (Å²) in [6, 6.07) is 10.7. The van der Waals surface area contributed by atoms with Crippen molar-refractivity contribution in [2.24, 2.45) is 0 Å². The van der Waals surface area contributed by atoms with Gasteiger partial charge in [-0.2, -0.15) is 0 Å². The first-order chi connectivity index (χ1) is 8.22. The molecule has 2 aromatic rings. The van der Waals surface area contributed by atoms with Crippen LogP contribution in [0.4, 0.5) is 0 Å². The lowest BCUT2D eigenvalue weighted by molar-refractivity contribution is 0.622. The van der Waals surface area contributed by atoms with Gasteiger partial charge in [0, 0.05) is 11.6 Å². The van der Waals surface area contributed by atoms with E-state index in [4.69, 9.17) is 0 Å². The Morgan fingerprint density at radius 2 is 2.24 bits per heavy atom. The Morgan fingerprint density at radius 3 is 2.94 bits per heavy atom. The second-order valence-corrected chi connectivity index (χ2v) is 4.29. The molecule has 0 aliphatic heterocycles. The zero-order valence-electron chi connectivity index (χ0n) is 10.4. The largest absolute Gasteiger partial charge is 0.307 e. The van der Waals surface area contributed by atoms with Crippen molar-refractivity contribution >= 4 is 10.9 Å². The topological polar surface area (TPSA) is 24.9 Å². The van der Waals surface area contributed by atoms with Gasteiger partial charge in [-0.1, -0.05) is 31.2 Å². The third-order valence-corrected chi connectivity index (χ3v) is 2.86. The van der Waals surface area contributed by atoms with Crippen LogP contribution in [-0.2, 0) is 0 Å². The Bertz CT molecular complexity index is 531. The molecule has 1 aromatic carbocycles. The minimum Gasteiger partial charge on any atom is -0.307 e. The molecule has 0 aliphatic rings. The third-order valence-electron chi connectivity index (χ3n) is 2.86. The first-order valence-corrected chi connectivity index (χ1v) is 5.96. The molecule has 1 unspecified atom stereocenters. The molecule has 0 radical (unpaired) electrons. The molecular formula is C15H18N2. The number of aromatic nitrogens is 1. The van der Waals surface area contributed by atoms with Crippen molar-refractivity contribution in [1.82, 2.24) is 10.3 Å². The summed E-state index contributed by atoms with van der Waals surface area (Å²) in [5.41, 5.74) is 3.42. The Morgan fingerprint density at radius 1 is 1.41 bits per heavy atom. The summed E-state index contributed by atoms with van der Waals surface area (Å²) < 4.78 is 0. The molecule has 2 rings (SSSR count). The number of likely N-dealkylation sites (N-methyl/N-ethyl adjacent to an activating group) is 1. The van der Waals surface area contributed by atoms with E-state index in [1.807, 2.05) is 12.3 Å². The maximum absolute atomic E-state index is 4.33. The number of hydrogen-bond donors (Lipinski definition) is 1. The Hall–Kier alpha value is -1.67. The molecular weight excluding hydrogens is 208 g/mol. The lowest BCUT2D eigenvalue weighted by Gasteiger charge is -2.18. The molecule has 0 saturated carbocycles. The number of rotatable bonds is 4. The van der Waals surface area contributed by atoms with E-state index in [-0.39, 0.29) is 6.04 Å². The molecule has 1 atom stereocenters. The maximum Gasteiger partial charge on any atom is 0.0702 e. The second kappa shape index (κ2) is 5.11. The smallest absolute Gasteiger partial charge is 0.0702 e. The summed E-state index contributed by atoms with van der Waals surface area (Å²) in [5, 5.41) is 4.62. The van der Waals surface area contributed by atoms with Crippen molar-refractivity contribution < 1.29 is 0 Å². The lowest BCUT2D eigenvalue weighted by Crippen LogP contribution is -2.21. The monoisotopic (exact) mass is 226 g/mol. The SMILES string of the molecule is C=C(C)C(NCC)c1ccc2ncccc2c1. The fourth-order valence-corrected chi connectivity index (χ4v) is 2.05. The second-order valence-electron chi connectivity index (χ2n) is 4.29. The van der Waals surface area contributed by atoms with Crippen LogP contribution in [0.1, 0.15) is 25.5 Å². The van der Waals surface area contributed by atoms with E-state index in [2.05, 4.69) is 55.0 Å². The van der Waals surface area contributed by atoms with E-state index in [0.717, 1.165) is 17.6 Å². The van der Waals surface area contributed by atoms with Gasteiger partial charge in [-0.3, -0.25) is 4.98 Å². The van der Waals surface area contributed by atoms with Crippen LogP contribution in [0.2, 0.25) is 0 Å². The average molecular weight is 226 g/mol. The van der Waals surface area contributed by atoms with E-state index < -0.39 is 0 Å². The van der Waals surface area contributed by atoms with Gasteiger partial charge in [0.1, 0.15) is 0 Å². The number of hydrogen-bond acceptors (Lipinski definition) is 2. The van der Waals surface area contributed by atoms with Crippen molar-refractivity contribution in [2.45, 2.75) is 19.9 Å². The molecule has 1 aromatic heterocycles. The molecule has 1 heterocycles. The fourth-order valence-electron chi connectivity index (χ4n) is 2.05. The lowest BCUT2D eigenvalue weighted by atomic mass is 9.99. The van der Waals surface area contributed by atoms with Crippen molar-refractivity contribution in [1.29, 1.82) is 0 Å². The van der Waals surface area contributed by atoms with Crippen LogP contribution in [-0.4, -0.2) is 11.5 Å². The summed E-state index contributed by atoms with van der Waals surface area (Å²) in [5.74, 6) is 0. The zero-order chi connectivity index (χ0) is 12.3. The summed E-state index contributed by atoms with van der Waals surface area (Å²) >= 11 is 0. The van der Waals surface area contributed by atoms with Gasteiger partial charge in [-0.05, 0) is 37.2 Å². The van der Waals surface area contributed by atoms with Gasteiger partial charge in [0.25, 0.3) is 0 Å². The Kier molecular flexibility index (Phi) is 3.55. The van der Waals surface area contributed by atoms with Crippen molar-refractivity contribution in [3.63, 3.8) is 0 Å². The van der Waals surface area contributed by atoms with Gasteiger partial charge < -0.3 is 5.32 Å². The first-order valence-electron chi connectivity index (χ1n) is 5.96. The summed E-state index contributed by atoms with van der Waals surface area (Å²) in [6.45, 7) is 9.15. The van der Waals surface area contributed by atoms with Crippen LogP contribution >= 0.6 is 0 Å². The molecule has 2 nitrogen and oxygen atoms in total. The summed E-state index contributed by atoms with van der Waals surface area (Å²) in [4.78, 5) is 4.33. The molecule has 0 bridgehead atoms. The van der Waals surface area contributed by atoms with Gasteiger partial charge in [0.2, 0.25) is 0 Å². The minimum atomic E-state index is 0.226. The van der Waals surface area contributed by atoms with Crippen molar-refractivity contribution in [3.8, 4) is 0 Å². The Balaban J connectivity index is 2.43. The Labute approximate surface area is 102 Å². The number of benzene rings is 1. The molecule has 17 heavy (non-hydrogen) atoms. The standard InChI is InChI=1S/C15H18N2/c1-4-16-15(11(2)3)13-7-8-14-12(10-13)6-5-9-17-14/h5-10,15-16H,2,4H2,1,3H3. The van der Waals surface area contributed by atoms with Gasteiger partial charge in [-0.15, -0.1) is 0 Å². The van der Waals surface area contributed by atoms with Crippen LogP contribution in [0.25, 0.3) is 10.9 Å². The van der Waals surface area contributed by atoms with Crippen LogP contribution < -0.4 is 5.32 Å². The van der Waals surface area contributed by atoms with E-state index in [1.165, 1.54) is 10.9 Å². The van der Waals surface area contributed by atoms with E-state index in [0.29, 0.717) is 0 Å². The van der Waals surface area contributed by atoms with Gasteiger partial charge in [-0.25, -0.2) is 0 Å². The maximum atomic E-state index is 4.33. The van der Waals surface area contributed by atoms with E-state index >= 15 is 0 Å². The zero-order valence-corrected chi connectivity index (χ0v) is 10.4. The normalized spacial score (nSPS) is 12.6. The molecule has 88 valence electrons. The highest BCUT2D eigenvalue weighted by atomic mass is 14.9. The molecule has 0 fully saturated rings.